The highest BCUT2D eigenvalue weighted by Crippen LogP contribution is 2.44. The van der Waals surface area contributed by atoms with E-state index in [0.29, 0.717) is 11.6 Å². The molecule has 1 atom stereocenters. The Morgan fingerprint density at radius 2 is 1.71 bits per heavy atom. The number of nitrogens with two attached hydrogens (primary N) is 1. The third-order valence-corrected chi connectivity index (χ3v) is 7.01. The number of benzene rings is 2. The van der Waals surface area contributed by atoms with E-state index in [1.165, 1.54) is 4.90 Å². The van der Waals surface area contributed by atoms with Gasteiger partial charge in [-0.1, -0.05) is 48.9 Å². The van der Waals surface area contributed by atoms with Gasteiger partial charge in [0.15, 0.2) is 5.69 Å². The van der Waals surface area contributed by atoms with E-state index in [-0.39, 0.29) is 32.4 Å². The summed E-state index contributed by atoms with van der Waals surface area (Å²) >= 11 is 0. The quantitative estimate of drug-likeness (QED) is 0.286. The summed E-state index contributed by atoms with van der Waals surface area (Å²) in [4.78, 5) is 18.8. The number of nitrogens with zero attached hydrogens (tertiary/aromatic N) is 4. The SMILES string of the molecule is Nc1cc(C(F)(F)F)c2nc1-c1nnc(o1)[C@@](O)(C(F)(F)F)CCCCCN(Cc1cccc3ccccc13)C2=O. The van der Waals surface area contributed by atoms with Crippen molar-refractivity contribution in [3.05, 3.63) is 71.2 Å². The van der Waals surface area contributed by atoms with Crippen LogP contribution in [0.2, 0.25) is 0 Å². The molecule has 3 N–H and O–H groups in total. The van der Waals surface area contributed by atoms with E-state index < -0.39 is 64.7 Å². The highest BCUT2D eigenvalue weighted by atomic mass is 19.4. The van der Waals surface area contributed by atoms with Crippen molar-refractivity contribution in [1.82, 2.24) is 20.1 Å². The number of amides is 1. The van der Waals surface area contributed by atoms with E-state index in [2.05, 4.69) is 15.2 Å². The predicted molar refractivity (Wildman–Crippen MR) is 134 cm³/mol. The van der Waals surface area contributed by atoms with Crippen LogP contribution in [0.1, 0.15) is 53.2 Å². The van der Waals surface area contributed by atoms with Crippen molar-refractivity contribution in [3.8, 4) is 11.6 Å². The second-order valence-electron chi connectivity index (χ2n) is 9.77. The molecule has 4 aromatic rings. The first kappa shape index (κ1) is 28.3. The van der Waals surface area contributed by atoms with Crippen LogP contribution >= 0.6 is 0 Å². The number of nitrogen functional groups attached to an aromatic ring is 1. The summed E-state index contributed by atoms with van der Waals surface area (Å²) in [5.41, 5.74) is -0.802. The molecule has 14 heteroatoms. The number of alkyl halides is 6. The Labute approximate surface area is 228 Å². The number of carbonyl (C=O) groups excluding carboxylic acids is 1. The maximum absolute atomic E-state index is 14.1. The maximum atomic E-state index is 14.1. The molecule has 3 heterocycles. The Morgan fingerprint density at radius 3 is 2.44 bits per heavy atom. The fourth-order valence-corrected chi connectivity index (χ4v) is 4.83. The molecule has 0 saturated heterocycles. The lowest BCUT2D eigenvalue weighted by Crippen LogP contribution is -2.42. The van der Waals surface area contributed by atoms with Crippen molar-refractivity contribution in [2.75, 3.05) is 12.3 Å². The van der Waals surface area contributed by atoms with Gasteiger partial charge in [-0.05, 0) is 41.7 Å². The number of pyridine rings is 1. The monoisotopic (exact) mass is 579 g/mol. The highest BCUT2D eigenvalue weighted by Gasteiger charge is 2.58. The van der Waals surface area contributed by atoms with Gasteiger partial charge in [0.1, 0.15) is 5.69 Å². The molecule has 1 amide bonds. The van der Waals surface area contributed by atoms with Crippen LogP contribution < -0.4 is 5.73 Å². The van der Waals surface area contributed by atoms with Crippen LogP contribution in [-0.4, -0.2) is 43.8 Å². The molecule has 4 bridgehead atoms. The number of carbonyl (C=O) groups is 1. The van der Waals surface area contributed by atoms with Gasteiger partial charge in [0.05, 0.1) is 11.3 Å². The van der Waals surface area contributed by atoms with Gasteiger partial charge in [-0.15, -0.1) is 10.2 Å². The predicted octanol–water partition coefficient (Wildman–Crippen LogP) is 5.85. The van der Waals surface area contributed by atoms with Crippen LogP contribution in [0.25, 0.3) is 22.4 Å². The Balaban J connectivity index is 1.66. The number of aromatic nitrogens is 3. The molecule has 0 aliphatic carbocycles. The van der Waals surface area contributed by atoms with E-state index in [4.69, 9.17) is 10.2 Å². The molecule has 2 aromatic carbocycles. The van der Waals surface area contributed by atoms with E-state index in [9.17, 15) is 36.2 Å². The number of fused-ring (bicyclic) bond motifs is 6. The molecule has 2 aromatic heterocycles. The van der Waals surface area contributed by atoms with Gasteiger partial charge >= 0.3 is 12.4 Å². The van der Waals surface area contributed by atoms with Gasteiger partial charge in [-0.25, -0.2) is 4.98 Å². The van der Waals surface area contributed by atoms with E-state index in [0.717, 1.165) is 10.8 Å². The lowest BCUT2D eigenvalue weighted by atomic mass is 9.95. The van der Waals surface area contributed by atoms with Gasteiger partial charge in [0.25, 0.3) is 17.7 Å². The van der Waals surface area contributed by atoms with E-state index in [1.54, 1.807) is 18.2 Å². The minimum atomic E-state index is -5.20. The zero-order chi connectivity index (χ0) is 29.6. The summed E-state index contributed by atoms with van der Waals surface area (Å²) in [5.74, 6) is -3.04. The highest BCUT2D eigenvalue weighted by molar-refractivity contribution is 5.96. The number of anilines is 1. The summed E-state index contributed by atoms with van der Waals surface area (Å²) in [7, 11) is 0. The average Bonchev–Trinajstić information content (AvgIpc) is 3.40. The Morgan fingerprint density at radius 1 is 0.976 bits per heavy atom. The number of halogens is 6. The number of aliphatic hydroxyl groups is 1. The van der Waals surface area contributed by atoms with Crippen molar-refractivity contribution < 1.29 is 40.7 Å². The number of rotatable bonds is 2. The molecule has 1 aliphatic heterocycles. The molecule has 0 spiro atoms. The van der Waals surface area contributed by atoms with Crippen LogP contribution in [0.3, 0.4) is 0 Å². The van der Waals surface area contributed by atoms with Crippen LogP contribution in [0.4, 0.5) is 32.0 Å². The summed E-state index contributed by atoms with van der Waals surface area (Å²) in [5, 5.41) is 19.0. The Kier molecular flexibility index (Phi) is 7.14. The third kappa shape index (κ3) is 5.31. The summed E-state index contributed by atoms with van der Waals surface area (Å²) in [6.45, 7) is -0.195. The smallest absolute Gasteiger partial charge is 0.416 e. The summed E-state index contributed by atoms with van der Waals surface area (Å²) in [6.07, 6.45) is -11.0. The molecule has 1 aliphatic rings. The van der Waals surface area contributed by atoms with Crippen molar-refractivity contribution in [1.29, 1.82) is 0 Å². The van der Waals surface area contributed by atoms with Gasteiger partial charge in [-0.3, -0.25) is 4.79 Å². The maximum Gasteiger partial charge on any atom is 0.426 e. The molecule has 8 nitrogen and oxygen atoms in total. The number of hydrogen-bond acceptors (Lipinski definition) is 7. The van der Waals surface area contributed by atoms with Gasteiger partial charge in [0.2, 0.25) is 5.60 Å². The molecule has 0 radical (unpaired) electrons. The Bertz CT molecular complexity index is 1600. The van der Waals surface area contributed by atoms with Crippen LogP contribution in [0.5, 0.6) is 0 Å². The first-order valence-electron chi connectivity index (χ1n) is 12.6. The molecular formula is C27H23F6N5O3. The Hall–Kier alpha value is -4.20. The first-order valence-corrected chi connectivity index (χ1v) is 12.6. The molecule has 0 saturated carbocycles. The molecule has 5 rings (SSSR count). The zero-order valence-electron chi connectivity index (χ0n) is 21.3. The van der Waals surface area contributed by atoms with Crippen molar-refractivity contribution in [2.45, 2.75) is 50.2 Å². The standard InChI is InChI=1S/C27H23F6N5O3/c28-26(29,30)18-13-19(34)21-22-36-37-24(41-22)25(40,27(31,32)33)11-4-1-5-12-38(23(39)20(18)35-21)14-16-9-6-8-15-7-2-3-10-17(15)16/h2-3,6-10,13,40H,1,4-5,11-12,14,34H2/t25-/m1/s1. The van der Waals surface area contributed by atoms with E-state index >= 15 is 0 Å². The van der Waals surface area contributed by atoms with Gasteiger partial charge in [-0.2, -0.15) is 26.3 Å². The van der Waals surface area contributed by atoms with Crippen LogP contribution in [-0.2, 0) is 18.3 Å². The minimum absolute atomic E-state index is 0.0937. The largest absolute Gasteiger partial charge is 0.426 e. The number of hydrogen-bond donors (Lipinski definition) is 2. The molecule has 216 valence electrons. The van der Waals surface area contributed by atoms with Crippen molar-refractivity contribution in [3.63, 3.8) is 0 Å². The summed E-state index contributed by atoms with van der Waals surface area (Å²) in [6, 6.07) is 13.0. The normalized spacial score (nSPS) is 18.9. The van der Waals surface area contributed by atoms with Crippen molar-refractivity contribution >= 4 is 22.4 Å². The van der Waals surface area contributed by atoms with Crippen LogP contribution in [0, 0.1) is 0 Å². The third-order valence-electron chi connectivity index (χ3n) is 7.01. The topological polar surface area (TPSA) is 118 Å². The minimum Gasteiger partial charge on any atom is -0.416 e. The molecular weight excluding hydrogens is 556 g/mol. The molecule has 0 unspecified atom stereocenters. The molecule has 0 fully saturated rings. The van der Waals surface area contributed by atoms with Gasteiger partial charge in [0, 0.05) is 13.1 Å². The van der Waals surface area contributed by atoms with E-state index in [1.807, 2.05) is 24.3 Å². The lowest BCUT2D eigenvalue weighted by molar-refractivity contribution is -0.277. The van der Waals surface area contributed by atoms with Crippen LogP contribution in [0.15, 0.2) is 52.9 Å². The lowest BCUT2D eigenvalue weighted by Gasteiger charge is -2.28. The summed E-state index contributed by atoms with van der Waals surface area (Å²) < 4.78 is 89.2. The zero-order valence-corrected chi connectivity index (χ0v) is 21.3. The fourth-order valence-electron chi connectivity index (χ4n) is 4.83. The average molecular weight is 580 g/mol. The fraction of sp³-hybridized carbons (Fsp3) is 0.333. The van der Waals surface area contributed by atoms with Crippen molar-refractivity contribution in [2.24, 2.45) is 0 Å². The molecule has 41 heavy (non-hydrogen) atoms. The van der Waals surface area contributed by atoms with Gasteiger partial charge < -0.3 is 20.2 Å². The first-order chi connectivity index (χ1) is 19.3. The second-order valence-corrected chi connectivity index (χ2v) is 9.77. The second kappa shape index (κ2) is 10.3.